The largest absolute Gasteiger partial charge is 0.378 e. The third-order valence-electron chi connectivity index (χ3n) is 3.93. The summed E-state index contributed by atoms with van der Waals surface area (Å²) in [5.41, 5.74) is 0.904. The van der Waals surface area contributed by atoms with Crippen molar-refractivity contribution in [2.24, 2.45) is 0 Å². The van der Waals surface area contributed by atoms with E-state index >= 15 is 0 Å². The minimum absolute atomic E-state index is 0.0566. The van der Waals surface area contributed by atoms with Gasteiger partial charge in [-0.15, -0.1) is 11.8 Å². The molecule has 0 aromatic heterocycles. The summed E-state index contributed by atoms with van der Waals surface area (Å²) in [4.78, 5) is 27.1. The molecule has 1 heterocycles. The van der Waals surface area contributed by atoms with Crippen molar-refractivity contribution in [2.45, 2.75) is 4.90 Å². The van der Waals surface area contributed by atoms with Crippen LogP contribution < -0.4 is 5.32 Å². The van der Waals surface area contributed by atoms with Gasteiger partial charge in [0.1, 0.15) is 5.82 Å². The summed E-state index contributed by atoms with van der Waals surface area (Å²) in [5, 5.41) is 2.76. The van der Waals surface area contributed by atoms with E-state index in [-0.39, 0.29) is 23.4 Å². The van der Waals surface area contributed by atoms with Crippen LogP contribution in [-0.4, -0.2) is 48.8 Å². The molecule has 136 valence electrons. The lowest BCUT2D eigenvalue weighted by Crippen LogP contribution is -2.41. The van der Waals surface area contributed by atoms with Crippen molar-refractivity contribution in [1.29, 1.82) is 0 Å². The van der Waals surface area contributed by atoms with Gasteiger partial charge in [0.25, 0.3) is 5.91 Å². The lowest BCUT2D eigenvalue weighted by Gasteiger charge is -2.27. The van der Waals surface area contributed by atoms with E-state index in [1.807, 2.05) is 0 Å². The van der Waals surface area contributed by atoms with Gasteiger partial charge in [0.2, 0.25) is 5.91 Å². The van der Waals surface area contributed by atoms with Crippen LogP contribution in [0.5, 0.6) is 0 Å². The van der Waals surface area contributed by atoms with Crippen molar-refractivity contribution in [1.82, 2.24) is 4.90 Å². The number of halogens is 1. The van der Waals surface area contributed by atoms with Crippen LogP contribution in [0.25, 0.3) is 0 Å². The third kappa shape index (κ3) is 4.62. The summed E-state index contributed by atoms with van der Waals surface area (Å²) in [6.45, 7) is 2.09. The lowest BCUT2D eigenvalue weighted by molar-refractivity contribution is -0.113. The Bertz CT molecular complexity index is 794. The van der Waals surface area contributed by atoms with Gasteiger partial charge in [-0.3, -0.25) is 9.59 Å². The molecule has 1 aliphatic rings. The fourth-order valence-electron chi connectivity index (χ4n) is 2.61. The second-order valence-corrected chi connectivity index (χ2v) is 6.73. The molecule has 1 saturated heterocycles. The number of anilines is 1. The maximum Gasteiger partial charge on any atom is 0.256 e. The van der Waals surface area contributed by atoms with Gasteiger partial charge in [-0.1, -0.05) is 24.3 Å². The van der Waals surface area contributed by atoms with Crippen LogP contribution in [0.1, 0.15) is 10.4 Å². The van der Waals surface area contributed by atoms with Crippen LogP contribution in [0.2, 0.25) is 0 Å². The second-order valence-electron chi connectivity index (χ2n) is 5.72. The first-order valence-electron chi connectivity index (χ1n) is 8.28. The summed E-state index contributed by atoms with van der Waals surface area (Å²) >= 11 is 1.12. The van der Waals surface area contributed by atoms with Crippen molar-refractivity contribution < 1.29 is 18.7 Å². The maximum atomic E-state index is 13.6. The predicted octanol–water partition coefficient (Wildman–Crippen LogP) is 3.03. The zero-order valence-electron chi connectivity index (χ0n) is 14.1. The van der Waals surface area contributed by atoms with E-state index in [9.17, 15) is 14.0 Å². The van der Waals surface area contributed by atoms with E-state index in [1.54, 1.807) is 47.4 Å². The molecular weight excluding hydrogens is 355 g/mol. The van der Waals surface area contributed by atoms with Crippen molar-refractivity contribution in [3.05, 3.63) is 59.9 Å². The Balaban J connectivity index is 1.65. The second kappa shape index (κ2) is 8.82. The molecule has 0 saturated carbocycles. The number of thioether (sulfide) groups is 1. The summed E-state index contributed by atoms with van der Waals surface area (Å²) in [5.74, 6) is -0.722. The Morgan fingerprint density at radius 1 is 1.08 bits per heavy atom. The highest BCUT2D eigenvalue weighted by atomic mass is 32.2. The van der Waals surface area contributed by atoms with E-state index in [4.69, 9.17) is 4.74 Å². The SMILES string of the molecule is O=C(CSc1ccccc1F)Nc1ccccc1C(=O)N1CCOCC1. The van der Waals surface area contributed by atoms with Crippen molar-refractivity contribution in [2.75, 3.05) is 37.4 Å². The topological polar surface area (TPSA) is 58.6 Å². The molecule has 0 radical (unpaired) electrons. The number of carbonyl (C=O) groups excluding carboxylic acids is 2. The number of benzene rings is 2. The molecule has 7 heteroatoms. The van der Waals surface area contributed by atoms with E-state index in [1.165, 1.54) is 6.07 Å². The highest BCUT2D eigenvalue weighted by Gasteiger charge is 2.21. The zero-order chi connectivity index (χ0) is 18.4. The molecule has 5 nitrogen and oxygen atoms in total. The Labute approximate surface area is 155 Å². The van der Waals surface area contributed by atoms with Gasteiger partial charge in [0.05, 0.1) is 30.2 Å². The highest BCUT2D eigenvalue weighted by molar-refractivity contribution is 8.00. The maximum absolute atomic E-state index is 13.6. The quantitative estimate of drug-likeness (QED) is 0.818. The minimum atomic E-state index is -0.354. The number of nitrogens with zero attached hydrogens (tertiary/aromatic N) is 1. The lowest BCUT2D eigenvalue weighted by atomic mass is 10.1. The summed E-state index contributed by atoms with van der Waals surface area (Å²) in [7, 11) is 0. The number of rotatable bonds is 5. The molecule has 1 fully saturated rings. The first-order chi connectivity index (χ1) is 12.6. The predicted molar refractivity (Wildman–Crippen MR) is 98.9 cm³/mol. The highest BCUT2D eigenvalue weighted by Crippen LogP contribution is 2.22. The molecule has 0 spiro atoms. The van der Waals surface area contributed by atoms with Gasteiger partial charge in [-0.2, -0.15) is 0 Å². The van der Waals surface area contributed by atoms with Gasteiger partial charge in [0.15, 0.2) is 0 Å². The molecule has 2 amide bonds. The molecule has 3 rings (SSSR count). The van der Waals surface area contributed by atoms with E-state index in [0.717, 1.165) is 11.8 Å². The summed E-state index contributed by atoms with van der Waals surface area (Å²) in [6.07, 6.45) is 0. The normalized spacial score (nSPS) is 14.1. The van der Waals surface area contributed by atoms with E-state index < -0.39 is 0 Å². The average Bonchev–Trinajstić information content (AvgIpc) is 2.68. The number of nitrogens with one attached hydrogen (secondary N) is 1. The van der Waals surface area contributed by atoms with Gasteiger partial charge in [-0.05, 0) is 24.3 Å². The molecule has 2 aromatic carbocycles. The Hall–Kier alpha value is -2.38. The number of hydrogen-bond donors (Lipinski definition) is 1. The monoisotopic (exact) mass is 374 g/mol. The Morgan fingerprint density at radius 3 is 2.54 bits per heavy atom. The molecule has 0 aliphatic carbocycles. The first-order valence-corrected chi connectivity index (χ1v) is 9.27. The number of amides is 2. The number of hydrogen-bond acceptors (Lipinski definition) is 4. The van der Waals surface area contributed by atoms with Gasteiger partial charge >= 0.3 is 0 Å². The third-order valence-corrected chi connectivity index (χ3v) is 4.97. The van der Waals surface area contributed by atoms with E-state index in [0.29, 0.717) is 42.4 Å². The fraction of sp³-hybridized carbons (Fsp3) is 0.263. The van der Waals surface area contributed by atoms with Crippen LogP contribution in [0.3, 0.4) is 0 Å². The molecule has 26 heavy (non-hydrogen) atoms. The average molecular weight is 374 g/mol. The molecule has 0 bridgehead atoms. The van der Waals surface area contributed by atoms with Crippen LogP contribution in [0.4, 0.5) is 10.1 Å². The van der Waals surface area contributed by atoms with Crippen LogP contribution in [-0.2, 0) is 9.53 Å². The summed E-state index contributed by atoms with van der Waals surface area (Å²) < 4.78 is 18.9. The fourth-order valence-corrected chi connectivity index (χ4v) is 3.35. The Kier molecular flexibility index (Phi) is 6.25. The van der Waals surface area contributed by atoms with Crippen molar-refractivity contribution >= 4 is 29.3 Å². The van der Waals surface area contributed by atoms with Gasteiger partial charge in [-0.25, -0.2) is 4.39 Å². The zero-order valence-corrected chi connectivity index (χ0v) is 14.9. The number of para-hydroxylation sites is 1. The molecule has 0 unspecified atom stereocenters. The molecule has 0 atom stereocenters. The van der Waals surface area contributed by atoms with Gasteiger partial charge in [0, 0.05) is 18.0 Å². The van der Waals surface area contributed by atoms with Gasteiger partial charge < -0.3 is 15.0 Å². The molecule has 2 aromatic rings. The van der Waals surface area contributed by atoms with E-state index in [2.05, 4.69) is 5.32 Å². The van der Waals surface area contributed by atoms with Crippen LogP contribution in [0, 0.1) is 5.82 Å². The standard InChI is InChI=1S/C19H19FN2O3S/c20-15-6-2-4-8-17(15)26-13-18(23)21-16-7-3-1-5-14(16)19(24)22-9-11-25-12-10-22/h1-8H,9-13H2,(H,21,23). The van der Waals surface area contributed by atoms with Crippen LogP contribution >= 0.6 is 11.8 Å². The van der Waals surface area contributed by atoms with Crippen molar-refractivity contribution in [3.63, 3.8) is 0 Å². The smallest absolute Gasteiger partial charge is 0.256 e. The number of carbonyl (C=O) groups is 2. The molecular formula is C19H19FN2O3S. The Morgan fingerprint density at radius 2 is 1.77 bits per heavy atom. The van der Waals surface area contributed by atoms with Crippen molar-refractivity contribution in [3.8, 4) is 0 Å². The summed E-state index contributed by atoms with van der Waals surface area (Å²) in [6, 6.07) is 13.2. The molecule has 1 N–H and O–H groups in total. The first kappa shape index (κ1) is 18.4. The molecule has 1 aliphatic heterocycles. The minimum Gasteiger partial charge on any atom is -0.378 e. The number of morpholine rings is 1. The van der Waals surface area contributed by atoms with Crippen LogP contribution in [0.15, 0.2) is 53.4 Å². The number of ether oxygens (including phenoxy) is 1.